The summed E-state index contributed by atoms with van der Waals surface area (Å²) in [6, 6.07) is 7.18. The number of benzene rings is 1. The Morgan fingerprint density at radius 3 is 2.86 bits per heavy atom. The van der Waals surface area contributed by atoms with Crippen molar-refractivity contribution in [3.05, 3.63) is 52.5 Å². The quantitative estimate of drug-likeness (QED) is 0.647. The maximum absolute atomic E-state index is 6.17. The van der Waals surface area contributed by atoms with Crippen LogP contribution in [0.15, 0.2) is 46.3 Å². The van der Waals surface area contributed by atoms with Gasteiger partial charge in [-0.2, -0.15) is 0 Å². The first-order valence-corrected chi connectivity index (χ1v) is 7.89. The minimum atomic E-state index is 0.555. The molecule has 0 aliphatic heterocycles. The first-order chi connectivity index (χ1) is 10.1. The van der Waals surface area contributed by atoms with Crippen LogP contribution in [0.1, 0.15) is 5.76 Å². The smallest absolute Gasteiger partial charge is 0.168 e. The number of aromatic nitrogens is 3. The van der Waals surface area contributed by atoms with Gasteiger partial charge in [0.05, 0.1) is 10.8 Å². The molecule has 0 saturated carbocycles. The second-order valence-electron chi connectivity index (χ2n) is 4.41. The first-order valence-electron chi connectivity index (χ1n) is 6.14. The van der Waals surface area contributed by atoms with E-state index in [2.05, 4.69) is 10.1 Å². The molecule has 1 aromatic carbocycles. The summed E-state index contributed by atoms with van der Waals surface area (Å²) in [5.41, 5.74) is 1.50. The zero-order valence-corrected chi connectivity index (χ0v) is 13.4. The minimum Gasteiger partial charge on any atom is -0.360 e. The van der Waals surface area contributed by atoms with E-state index in [9.17, 15) is 0 Å². The number of hydrogen-bond donors (Lipinski definition) is 0. The van der Waals surface area contributed by atoms with Gasteiger partial charge in [-0.15, -0.1) is 0 Å². The predicted octanol–water partition coefficient (Wildman–Crippen LogP) is 4.67. The van der Waals surface area contributed by atoms with Gasteiger partial charge in [0.25, 0.3) is 0 Å². The largest absolute Gasteiger partial charge is 0.360 e. The van der Waals surface area contributed by atoms with Crippen LogP contribution >= 0.6 is 35.0 Å². The zero-order chi connectivity index (χ0) is 14.8. The van der Waals surface area contributed by atoms with Gasteiger partial charge in [-0.05, 0) is 18.2 Å². The van der Waals surface area contributed by atoms with Crippen molar-refractivity contribution >= 4 is 35.0 Å². The number of aryl methyl sites for hydroxylation is 1. The molecule has 0 N–H and O–H groups in total. The minimum absolute atomic E-state index is 0.555. The third-order valence-corrected chi connectivity index (χ3v) is 4.51. The van der Waals surface area contributed by atoms with Gasteiger partial charge in [-0.1, -0.05) is 40.1 Å². The van der Waals surface area contributed by atoms with Crippen molar-refractivity contribution < 1.29 is 4.52 Å². The molecule has 2 aromatic heterocycles. The van der Waals surface area contributed by atoms with E-state index >= 15 is 0 Å². The van der Waals surface area contributed by atoms with Crippen LogP contribution in [0.4, 0.5) is 0 Å². The summed E-state index contributed by atoms with van der Waals surface area (Å²) in [6.45, 7) is 0. The molecule has 0 saturated heterocycles. The number of halogens is 2. The lowest BCUT2D eigenvalue weighted by molar-refractivity contribution is 0.397. The molecule has 4 nitrogen and oxygen atoms in total. The molecule has 0 radical (unpaired) electrons. The van der Waals surface area contributed by atoms with Crippen molar-refractivity contribution in [2.24, 2.45) is 7.05 Å². The maximum atomic E-state index is 6.17. The van der Waals surface area contributed by atoms with Gasteiger partial charge in [0.1, 0.15) is 11.5 Å². The Balaban J connectivity index is 1.75. The number of hydrogen-bond acceptors (Lipinski definition) is 4. The maximum Gasteiger partial charge on any atom is 0.168 e. The lowest BCUT2D eigenvalue weighted by atomic mass is 10.1. The van der Waals surface area contributed by atoms with E-state index in [1.165, 1.54) is 0 Å². The average Bonchev–Trinajstić information content (AvgIpc) is 3.05. The Morgan fingerprint density at radius 2 is 2.14 bits per heavy atom. The average molecular weight is 340 g/mol. The lowest BCUT2D eigenvalue weighted by Gasteiger charge is -1.99. The fraction of sp³-hybridized carbons (Fsp3) is 0.143. The topological polar surface area (TPSA) is 43.9 Å². The van der Waals surface area contributed by atoms with Crippen molar-refractivity contribution in [3.63, 3.8) is 0 Å². The van der Waals surface area contributed by atoms with Gasteiger partial charge in [-0.3, -0.25) is 0 Å². The normalized spacial score (nSPS) is 11.0. The Morgan fingerprint density at radius 1 is 1.29 bits per heavy atom. The van der Waals surface area contributed by atoms with Crippen molar-refractivity contribution in [2.75, 3.05) is 0 Å². The number of imidazole rings is 1. The molecule has 3 rings (SSSR count). The summed E-state index contributed by atoms with van der Waals surface area (Å²) >= 11 is 13.6. The number of thioether (sulfide) groups is 1. The second-order valence-corrected chi connectivity index (χ2v) is 6.20. The number of nitrogens with zero attached hydrogens (tertiary/aromatic N) is 3. The summed E-state index contributed by atoms with van der Waals surface area (Å²) in [7, 11) is 1.95. The van der Waals surface area contributed by atoms with E-state index in [-0.39, 0.29) is 0 Å². The molecule has 0 unspecified atom stereocenters. The van der Waals surface area contributed by atoms with Crippen molar-refractivity contribution in [1.29, 1.82) is 0 Å². The molecule has 7 heteroatoms. The van der Waals surface area contributed by atoms with Crippen molar-refractivity contribution in [2.45, 2.75) is 10.9 Å². The summed E-state index contributed by atoms with van der Waals surface area (Å²) in [4.78, 5) is 4.25. The van der Waals surface area contributed by atoms with Crippen molar-refractivity contribution in [3.8, 4) is 11.3 Å². The van der Waals surface area contributed by atoms with Gasteiger partial charge in [0, 0.05) is 36.1 Å². The Bertz CT molecular complexity index is 769. The van der Waals surface area contributed by atoms with Crippen LogP contribution in [0, 0.1) is 0 Å². The molecule has 0 fully saturated rings. The molecular weight excluding hydrogens is 329 g/mol. The molecule has 21 heavy (non-hydrogen) atoms. The van der Waals surface area contributed by atoms with E-state index in [0.717, 1.165) is 16.5 Å². The molecular formula is C14H11Cl2N3OS. The monoisotopic (exact) mass is 339 g/mol. The van der Waals surface area contributed by atoms with Crippen LogP contribution in [-0.4, -0.2) is 14.7 Å². The number of rotatable bonds is 4. The molecule has 0 aliphatic carbocycles. The summed E-state index contributed by atoms with van der Waals surface area (Å²) < 4.78 is 7.30. The Labute approximate surface area is 136 Å². The zero-order valence-electron chi connectivity index (χ0n) is 11.1. The third-order valence-electron chi connectivity index (χ3n) is 2.89. The van der Waals surface area contributed by atoms with Gasteiger partial charge < -0.3 is 9.09 Å². The summed E-state index contributed by atoms with van der Waals surface area (Å²) in [5, 5.41) is 6.13. The van der Waals surface area contributed by atoms with Gasteiger partial charge in [0.15, 0.2) is 5.16 Å². The lowest BCUT2D eigenvalue weighted by Crippen LogP contribution is -1.88. The van der Waals surface area contributed by atoms with Gasteiger partial charge in [0.2, 0.25) is 0 Å². The first kappa shape index (κ1) is 14.5. The molecule has 108 valence electrons. The predicted molar refractivity (Wildman–Crippen MR) is 84.7 cm³/mol. The summed E-state index contributed by atoms with van der Waals surface area (Å²) in [5.74, 6) is 1.42. The van der Waals surface area contributed by atoms with E-state index in [0.29, 0.717) is 21.5 Å². The fourth-order valence-electron chi connectivity index (χ4n) is 1.83. The van der Waals surface area contributed by atoms with E-state index in [4.69, 9.17) is 27.7 Å². The van der Waals surface area contributed by atoms with Crippen LogP contribution in [0.2, 0.25) is 10.0 Å². The van der Waals surface area contributed by atoms with Crippen LogP contribution < -0.4 is 0 Å². The highest BCUT2D eigenvalue weighted by Gasteiger charge is 2.11. The highest BCUT2D eigenvalue weighted by molar-refractivity contribution is 7.98. The van der Waals surface area contributed by atoms with E-state index < -0.39 is 0 Å². The van der Waals surface area contributed by atoms with Crippen LogP contribution in [0.5, 0.6) is 0 Å². The van der Waals surface area contributed by atoms with Crippen LogP contribution in [0.3, 0.4) is 0 Å². The van der Waals surface area contributed by atoms with E-state index in [1.54, 1.807) is 30.1 Å². The van der Waals surface area contributed by atoms with Gasteiger partial charge in [-0.25, -0.2) is 4.98 Å². The fourth-order valence-corrected chi connectivity index (χ4v) is 3.14. The highest BCUT2D eigenvalue weighted by atomic mass is 35.5. The van der Waals surface area contributed by atoms with Crippen molar-refractivity contribution in [1.82, 2.24) is 14.7 Å². The molecule has 2 heterocycles. The third kappa shape index (κ3) is 3.26. The Kier molecular flexibility index (Phi) is 4.24. The van der Waals surface area contributed by atoms with Crippen LogP contribution in [-0.2, 0) is 12.8 Å². The molecule has 0 bridgehead atoms. The van der Waals surface area contributed by atoms with Crippen LogP contribution in [0.25, 0.3) is 11.3 Å². The second kappa shape index (κ2) is 6.13. The standard InChI is InChI=1S/C14H11Cl2N3OS/c1-19-5-4-17-14(19)21-8-10-7-13(18-20-10)11-3-2-9(15)6-12(11)16/h2-7H,8H2,1H3. The molecule has 3 aromatic rings. The van der Waals surface area contributed by atoms with Gasteiger partial charge >= 0.3 is 0 Å². The molecule has 0 atom stereocenters. The molecule has 0 spiro atoms. The summed E-state index contributed by atoms with van der Waals surface area (Å²) in [6.07, 6.45) is 3.67. The SMILES string of the molecule is Cn1ccnc1SCc1cc(-c2ccc(Cl)cc2Cl)no1. The Hall–Kier alpha value is -1.43. The molecule has 0 aliphatic rings. The van der Waals surface area contributed by atoms with E-state index in [1.807, 2.05) is 29.9 Å². The molecule has 0 amide bonds. The highest BCUT2D eigenvalue weighted by Crippen LogP contribution is 2.31.